The molecule has 19 heavy (non-hydrogen) atoms. The number of aromatic nitrogens is 1. The van der Waals surface area contributed by atoms with E-state index in [1.807, 2.05) is 0 Å². The fourth-order valence-electron chi connectivity index (χ4n) is 1.41. The van der Waals surface area contributed by atoms with Crippen molar-refractivity contribution >= 4 is 22.4 Å². The van der Waals surface area contributed by atoms with Crippen LogP contribution in [0.15, 0.2) is 23.6 Å². The summed E-state index contributed by atoms with van der Waals surface area (Å²) in [5, 5.41) is 8.02. The molecule has 0 radical (unpaired) electrons. The standard InChI is InChI=1S/C12H11F2N3OS/c1-15-12-17-8(6-19-12)5-16-11(18)7-2-3-9(13)10(14)4-7/h2-4,6H,5H2,1H3,(H,15,17)(H,16,18). The monoisotopic (exact) mass is 283 g/mol. The summed E-state index contributed by atoms with van der Waals surface area (Å²) in [4.78, 5) is 15.9. The Bertz CT molecular complexity index is 600. The van der Waals surface area contributed by atoms with Gasteiger partial charge in [0.25, 0.3) is 5.91 Å². The first-order chi connectivity index (χ1) is 9.10. The summed E-state index contributed by atoms with van der Waals surface area (Å²) in [6.45, 7) is 0.232. The van der Waals surface area contributed by atoms with E-state index in [4.69, 9.17) is 0 Å². The first kappa shape index (κ1) is 13.4. The van der Waals surface area contributed by atoms with E-state index in [1.165, 1.54) is 17.4 Å². The third-order valence-corrected chi connectivity index (χ3v) is 3.29. The highest BCUT2D eigenvalue weighted by Crippen LogP contribution is 2.14. The van der Waals surface area contributed by atoms with Gasteiger partial charge in [-0.25, -0.2) is 13.8 Å². The molecule has 0 atom stereocenters. The molecule has 100 valence electrons. The molecule has 0 fully saturated rings. The molecule has 2 rings (SSSR count). The summed E-state index contributed by atoms with van der Waals surface area (Å²) >= 11 is 1.42. The lowest BCUT2D eigenvalue weighted by Gasteiger charge is -2.03. The molecule has 1 amide bonds. The van der Waals surface area contributed by atoms with Crippen molar-refractivity contribution in [3.63, 3.8) is 0 Å². The second kappa shape index (κ2) is 5.75. The number of anilines is 1. The minimum atomic E-state index is -1.04. The van der Waals surface area contributed by atoms with E-state index in [0.29, 0.717) is 5.69 Å². The molecule has 0 saturated heterocycles. The van der Waals surface area contributed by atoms with Crippen LogP contribution in [0.3, 0.4) is 0 Å². The number of nitrogens with zero attached hydrogens (tertiary/aromatic N) is 1. The Morgan fingerprint density at radius 2 is 2.16 bits per heavy atom. The van der Waals surface area contributed by atoms with Gasteiger partial charge in [0.1, 0.15) is 0 Å². The van der Waals surface area contributed by atoms with Gasteiger partial charge in [0.05, 0.1) is 12.2 Å². The average Bonchev–Trinajstić information content (AvgIpc) is 2.87. The van der Waals surface area contributed by atoms with E-state index >= 15 is 0 Å². The summed E-state index contributed by atoms with van der Waals surface area (Å²) in [6.07, 6.45) is 0. The van der Waals surface area contributed by atoms with Crippen LogP contribution in [0.4, 0.5) is 13.9 Å². The highest BCUT2D eigenvalue weighted by atomic mass is 32.1. The molecule has 1 heterocycles. The third-order valence-electron chi connectivity index (χ3n) is 2.38. The number of thiazole rings is 1. The lowest BCUT2D eigenvalue weighted by atomic mass is 10.2. The van der Waals surface area contributed by atoms with Crippen LogP contribution in [0.5, 0.6) is 0 Å². The van der Waals surface area contributed by atoms with Crippen molar-refractivity contribution in [2.75, 3.05) is 12.4 Å². The Morgan fingerprint density at radius 3 is 2.79 bits per heavy atom. The molecule has 1 aromatic heterocycles. The van der Waals surface area contributed by atoms with Crippen LogP contribution in [-0.2, 0) is 6.54 Å². The highest BCUT2D eigenvalue weighted by Gasteiger charge is 2.10. The predicted octanol–water partition coefficient (Wildman–Crippen LogP) is 2.39. The number of benzene rings is 1. The molecule has 2 aromatic rings. The Kier molecular flexibility index (Phi) is 4.06. The molecule has 0 aliphatic carbocycles. The molecule has 2 N–H and O–H groups in total. The van der Waals surface area contributed by atoms with Crippen LogP contribution in [0.25, 0.3) is 0 Å². The molecular weight excluding hydrogens is 272 g/mol. The molecule has 7 heteroatoms. The van der Waals surface area contributed by atoms with Crippen molar-refractivity contribution in [2.45, 2.75) is 6.54 Å². The van der Waals surface area contributed by atoms with E-state index < -0.39 is 17.5 Å². The van der Waals surface area contributed by atoms with Gasteiger partial charge in [0.2, 0.25) is 0 Å². The zero-order valence-electron chi connectivity index (χ0n) is 10.0. The smallest absolute Gasteiger partial charge is 0.251 e. The second-order valence-electron chi connectivity index (χ2n) is 3.71. The summed E-state index contributed by atoms with van der Waals surface area (Å²) < 4.78 is 25.7. The molecule has 1 aromatic carbocycles. The van der Waals surface area contributed by atoms with Crippen molar-refractivity contribution < 1.29 is 13.6 Å². The van der Waals surface area contributed by atoms with Crippen LogP contribution in [-0.4, -0.2) is 17.9 Å². The fraction of sp³-hybridized carbons (Fsp3) is 0.167. The van der Waals surface area contributed by atoms with Crippen LogP contribution < -0.4 is 10.6 Å². The highest BCUT2D eigenvalue weighted by molar-refractivity contribution is 7.13. The minimum Gasteiger partial charge on any atom is -0.365 e. The lowest BCUT2D eigenvalue weighted by molar-refractivity contribution is 0.0950. The van der Waals surface area contributed by atoms with Crippen molar-refractivity contribution in [2.24, 2.45) is 0 Å². The largest absolute Gasteiger partial charge is 0.365 e. The van der Waals surface area contributed by atoms with Crippen molar-refractivity contribution in [1.82, 2.24) is 10.3 Å². The summed E-state index contributed by atoms with van der Waals surface area (Å²) in [5.41, 5.74) is 0.772. The van der Waals surface area contributed by atoms with Crippen molar-refractivity contribution in [3.05, 3.63) is 46.5 Å². The Hall–Kier alpha value is -2.02. The van der Waals surface area contributed by atoms with Crippen LogP contribution >= 0.6 is 11.3 Å². The van der Waals surface area contributed by atoms with Gasteiger partial charge >= 0.3 is 0 Å². The number of amides is 1. The summed E-state index contributed by atoms with van der Waals surface area (Å²) in [7, 11) is 1.75. The summed E-state index contributed by atoms with van der Waals surface area (Å²) in [6, 6.07) is 3.02. The van der Waals surface area contributed by atoms with Crippen LogP contribution in [0.2, 0.25) is 0 Å². The van der Waals surface area contributed by atoms with Gasteiger partial charge in [-0.05, 0) is 18.2 Å². The van der Waals surface area contributed by atoms with Gasteiger partial charge in [0.15, 0.2) is 16.8 Å². The molecule has 0 aliphatic rings. The number of carbonyl (C=O) groups excluding carboxylic acids is 1. The van der Waals surface area contributed by atoms with Gasteiger partial charge in [-0.1, -0.05) is 0 Å². The van der Waals surface area contributed by atoms with Crippen LogP contribution in [0.1, 0.15) is 16.1 Å². The Morgan fingerprint density at radius 1 is 1.37 bits per heavy atom. The van der Waals surface area contributed by atoms with E-state index in [2.05, 4.69) is 15.6 Å². The van der Waals surface area contributed by atoms with Crippen molar-refractivity contribution in [3.8, 4) is 0 Å². The van der Waals surface area contributed by atoms with E-state index in [9.17, 15) is 13.6 Å². The summed E-state index contributed by atoms with van der Waals surface area (Å²) in [5.74, 6) is -2.49. The number of hydrogen-bond donors (Lipinski definition) is 2. The Balaban J connectivity index is 1.99. The molecule has 0 bridgehead atoms. The molecule has 0 unspecified atom stereocenters. The predicted molar refractivity (Wildman–Crippen MR) is 69.2 cm³/mol. The van der Waals surface area contributed by atoms with Gasteiger partial charge in [0, 0.05) is 18.0 Å². The lowest BCUT2D eigenvalue weighted by Crippen LogP contribution is -2.23. The normalized spacial score (nSPS) is 10.3. The maximum Gasteiger partial charge on any atom is 0.251 e. The first-order valence-corrected chi connectivity index (χ1v) is 6.33. The zero-order chi connectivity index (χ0) is 13.8. The van der Waals surface area contributed by atoms with Gasteiger partial charge < -0.3 is 10.6 Å². The van der Waals surface area contributed by atoms with Crippen molar-refractivity contribution in [1.29, 1.82) is 0 Å². The maximum atomic E-state index is 13.0. The Labute approximate surface area is 112 Å². The molecule has 0 aliphatic heterocycles. The maximum absolute atomic E-state index is 13.0. The first-order valence-electron chi connectivity index (χ1n) is 5.45. The minimum absolute atomic E-state index is 0.0722. The van der Waals surface area contributed by atoms with E-state index in [0.717, 1.165) is 17.3 Å². The number of rotatable bonds is 4. The molecular formula is C12H11F2N3OS. The van der Waals surface area contributed by atoms with Crippen LogP contribution in [0, 0.1) is 11.6 Å². The third kappa shape index (κ3) is 3.25. The van der Waals surface area contributed by atoms with Gasteiger partial charge in [-0.3, -0.25) is 4.79 Å². The number of halogens is 2. The topological polar surface area (TPSA) is 54.0 Å². The zero-order valence-corrected chi connectivity index (χ0v) is 10.9. The number of carbonyl (C=O) groups is 1. The van der Waals surface area contributed by atoms with E-state index in [1.54, 1.807) is 12.4 Å². The SMILES string of the molecule is CNc1nc(CNC(=O)c2ccc(F)c(F)c2)cs1. The van der Waals surface area contributed by atoms with Gasteiger partial charge in [-0.15, -0.1) is 11.3 Å². The molecule has 0 spiro atoms. The molecule has 4 nitrogen and oxygen atoms in total. The fourth-order valence-corrected chi connectivity index (χ4v) is 2.08. The molecule has 0 saturated carbocycles. The average molecular weight is 283 g/mol. The van der Waals surface area contributed by atoms with Gasteiger partial charge in [-0.2, -0.15) is 0 Å². The second-order valence-corrected chi connectivity index (χ2v) is 4.56. The number of nitrogens with one attached hydrogen (secondary N) is 2. The number of hydrogen-bond acceptors (Lipinski definition) is 4. The van der Waals surface area contributed by atoms with E-state index in [-0.39, 0.29) is 12.1 Å². The quantitative estimate of drug-likeness (QED) is 0.906.